The summed E-state index contributed by atoms with van der Waals surface area (Å²) in [6, 6.07) is 9.87. The number of ether oxygens (including phenoxy) is 1. The zero-order chi connectivity index (χ0) is 14.2. The van der Waals surface area contributed by atoms with Gasteiger partial charge >= 0.3 is 5.97 Å². The topological polar surface area (TPSA) is 64.4 Å². The Morgan fingerprint density at radius 1 is 1.40 bits per heavy atom. The molecule has 20 heavy (non-hydrogen) atoms. The number of nitrogens with zero attached hydrogens (tertiary/aromatic N) is 2. The highest BCUT2D eigenvalue weighted by Gasteiger charge is 2.38. The van der Waals surface area contributed by atoms with Crippen molar-refractivity contribution in [3.63, 3.8) is 0 Å². The number of aliphatic hydroxyl groups is 1. The summed E-state index contributed by atoms with van der Waals surface area (Å²) in [6.45, 7) is 2.09. The molecule has 2 aromatic rings. The summed E-state index contributed by atoms with van der Waals surface area (Å²) in [5.41, 5.74) is 1.40. The summed E-state index contributed by atoms with van der Waals surface area (Å²) in [6.07, 6.45) is 2.09. The second kappa shape index (κ2) is 4.76. The van der Waals surface area contributed by atoms with Gasteiger partial charge in [-0.15, -0.1) is 0 Å². The Kier molecular flexibility index (Phi) is 3.06. The fraction of sp³-hybridized carbons (Fsp3) is 0.333. The first-order chi connectivity index (χ1) is 9.61. The minimum absolute atomic E-state index is 0.205. The molecule has 1 aromatic heterocycles. The summed E-state index contributed by atoms with van der Waals surface area (Å²) < 4.78 is 7.13. The fourth-order valence-electron chi connectivity index (χ4n) is 2.44. The molecule has 0 bridgehead atoms. The van der Waals surface area contributed by atoms with Crippen LogP contribution in [0.4, 0.5) is 0 Å². The maximum atomic E-state index is 12.1. The van der Waals surface area contributed by atoms with E-state index in [0.29, 0.717) is 24.4 Å². The van der Waals surface area contributed by atoms with Crippen LogP contribution in [0.25, 0.3) is 0 Å². The Morgan fingerprint density at radius 2 is 2.15 bits per heavy atom. The molecule has 3 rings (SSSR count). The van der Waals surface area contributed by atoms with Gasteiger partial charge in [-0.25, -0.2) is 9.78 Å². The van der Waals surface area contributed by atoms with E-state index in [4.69, 9.17) is 4.74 Å². The normalized spacial score (nSPS) is 21.4. The van der Waals surface area contributed by atoms with Crippen LogP contribution in [0.1, 0.15) is 28.7 Å². The van der Waals surface area contributed by atoms with Crippen LogP contribution in [0.3, 0.4) is 0 Å². The Balaban J connectivity index is 1.92. The Bertz CT molecular complexity index is 636. The Morgan fingerprint density at radius 3 is 2.85 bits per heavy atom. The highest BCUT2D eigenvalue weighted by atomic mass is 16.6. The van der Waals surface area contributed by atoms with Gasteiger partial charge in [0.25, 0.3) is 0 Å². The Hall–Kier alpha value is -2.14. The molecule has 1 N–H and O–H groups in total. The number of hydrogen-bond donors (Lipinski definition) is 1. The maximum Gasteiger partial charge on any atom is 0.357 e. The third-order valence-electron chi connectivity index (χ3n) is 3.52. The van der Waals surface area contributed by atoms with Crippen LogP contribution in [-0.2, 0) is 17.7 Å². The third kappa shape index (κ3) is 2.20. The summed E-state index contributed by atoms with van der Waals surface area (Å²) >= 11 is 0. The predicted octanol–water partition coefficient (Wildman–Crippen LogP) is 1.40. The average Bonchev–Trinajstić information content (AvgIpc) is 2.83. The highest BCUT2D eigenvalue weighted by molar-refractivity contribution is 5.90. The van der Waals surface area contributed by atoms with E-state index in [1.165, 1.54) is 0 Å². The summed E-state index contributed by atoms with van der Waals surface area (Å²) in [4.78, 5) is 16.4. The predicted molar refractivity (Wildman–Crippen MR) is 72.4 cm³/mol. The van der Waals surface area contributed by atoms with Gasteiger partial charge in [0.1, 0.15) is 5.60 Å². The van der Waals surface area contributed by atoms with E-state index in [9.17, 15) is 9.90 Å². The van der Waals surface area contributed by atoms with E-state index >= 15 is 0 Å². The molecule has 5 nitrogen and oxygen atoms in total. The zero-order valence-electron chi connectivity index (χ0n) is 11.2. The number of fused-ring (bicyclic) bond motifs is 1. The van der Waals surface area contributed by atoms with Gasteiger partial charge in [-0.1, -0.05) is 30.3 Å². The number of benzene rings is 1. The first-order valence-corrected chi connectivity index (χ1v) is 6.53. The van der Waals surface area contributed by atoms with Crippen molar-refractivity contribution in [1.29, 1.82) is 0 Å². The number of hydrogen-bond acceptors (Lipinski definition) is 4. The molecule has 1 unspecified atom stereocenters. The van der Waals surface area contributed by atoms with Crippen molar-refractivity contribution in [2.45, 2.75) is 25.5 Å². The molecule has 104 valence electrons. The third-order valence-corrected chi connectivity index (χ3v) is 3.52. The molecule has 0 radical (unpaired) electrons. The highest BCUT2D eigenvalue weighted by Crippen LogP contribution is 2.27. The van der Waals surface area contributed by atoms with E-state index in [-0.39, 0.29) is 6.61 Å². The number of carbonyl (C=O) groups excluding carboxylic acids is 1. The summed E-state index contributed by atoms with van der Waals surface area (Å²) in [7, 11) is 0. The van der Waals surface area contributed by atoms with Crippen molar-refractivity contribution in [2.75, 3.05) is 6.61 Å². The largest absolute Gasteiger partial charge is 0.452 e. The van der Waals surface area contributed by atoms with Gasteiger partial charge in [0.15, 0.2) is 5.69 Å². The summed E-state index contributed by atoms with van der Waals surface area (Å²) in [5.74, 6) is -0.420. The molecule has 5 heteroatoms. The lowest BCUT2D eigenvalue weighted by molar-refractivity contribution is -0.0436. The quantitative estimate of drug-likeness (QED) is 0.858. The lowest BCUT2D eigenvalue weighted by Gasteiger charge is -2.31. The lowest BCUT2D eigenvalue weighted by atomic mass is 9.97. The molecular formula is C15H16N2O3. The average molecular weight is 272 g/mol. The van der Waals surface area contributed by atoms with Crippen LogP contribution < -0.4 is 0 Å². The number of cyclic esters (lactones) is 1. The summed E-state index contributed by atoms with van der Waals surface area (Å²) in [5, 5.41) is 9.32. The molecule has 1 aromatic carbocycles. The van der Waals surface area contributed by atoms with E-state index in [1.807, 2.05) is 30.3 Å². The standard InChI is InChI=1S/C15H16N2O3/c1-15(9-18)7-12-13(14(19)20-15)17(10-16-12)8-11-5-3-2-4-6-11/h2-6,10,18H,7-9H2,1H3. The van der Waals surface area contributed by atoms with Crippen LogP contribution in [0.5, 0.6) is 0 Å². The molecule has 0 saturated heterocycles. The van der Waals surface area contributed by atoms with Crippen LogP contribution in [0, 0.1) is 0 Å². The first-order valence-electron chi connectivity index (χ1n) is 6.53. The monoisotopic (exact) mass is 272 g/mol. The van der Waals surface area contributed by atoms with Crippen molar-refractivity contribution >= 4 is 5.97 Å². The van der Waals surface area contributed by atoms with E-state index in [2.05, 4.69) is 4.98 Å². The van der Waals surface area contributed by atoms with Crippen molar-refractivity contribution in [1.82, 2.24) is 9.55 Å². The van der Waals surface area contributed by atoms with Gasteiger partial charge in [0, 0.05) is 13.0 Å². The molecule has 1 atom stereocenters. The molecular weight excluding hydrogens is 256 g/mol. The van der Waals surface area contributed by atoms with Gasteiger partial charge in [-0.05, 0) is 12.5 Å². The minimum Gasteiger partial charge on any atom is -0.452 e. The smallest absolute Gasteiger partial charge is 0.357 e. The number of rotatable bonds is 3. The maximum absolute atomic E-state index is 12.1. The van der Waals surface area contributed by atoms with Gasteiger partial charge in [-0.3, -0.25) is 0 Å². The molecule has 0 spiro atoms. The molecule has 0 saturated carbocycles. The molecule has 1 aliphatic heterocycles. The van der Waals surface area contributed by atoms with Crippen LogP contribution >= 0.6 is 0 Å². The molecule has 0 amide bonds. The number of imidazole rings is 1. The van der Waals surface area contributed by atoms with Crippen molar-refractivity contribution in [2.24, 2.45) is 0 Å². The first kappa shape index (κ1) is 12.9. The van der Waals surface area contributed by atoms with Crippen LogP contribution in [0.15, 0.2) is 36.7 Å². The van der Waals surface area contributed by atoms with Crippen molar-refractivity contribution < 1.29 is 14.6 Å². The SMILES string of the molecule is CC1(CO)Cc2ncn(Cc3ccccc3)c2C(=O)O1. The van der Waals surface area contributed by atoms with Crippen LogP contribution in [0.2, 0.25) is 0 Å². The Labute approximate surface area is 116 Å². The fourth-order valence-corrected chi connectivity index (χ4v) is 2.44. The van der Waals surface area contributed by atoms with Crippen molar-refractivity contribution in [3.8, 4) is 0 Å². The lowest BCUT2D eigenvalue weighted by Crippen LogP contribution is -2.42. The van der Waals surface area contributed by atoms with Gasteiger partial charge in [0.2, 0.25) is 0 Å². The van der Waals surface area contributed by atoms with Crippen molar-refractivity contribution in [3.05, 3.63) is 53.6 Å². The van der Waals surface area contributed by atoms with Crippen LogP contribution in [-0.4, -0.2) is 32.8 Å². The van der Waals surface area contributed by atoms with E-state index < -0.39 is 11.6 Å². The van der Waals surface area contributed by atoms with E-state index in [0.717, 1.165) is 5.56 Å². The number of carbonyl (C=O) groups is 1. The molecule has 0 aliphatic carbocycles. The van der Waals surface area contributed by atoms with E-state index in [1.54, 1.807) is 17.8 Å². The minimum atomic E-state index is -0.865. The second-order valence-corrected chi connectivity index (χ2v) is 5.33. The van der Waals surface area contributed by atoms with Gasteiger partial charge in [0.05, 0.1) is 18.6 Å². The van der Waals surface area contributed by atoms with Gasteiger partial charge < -0.3 is 14.4 Å². The number of aromatic nitrogens is 2. The number of aliphatic hydroxyl groups excluding tert-OH is 1. The molecule has 2 heterocycles. The van der Waals surface area contributed by atoms with Gasteiger partial charge in [-0.2, -0.15) is 0 Å². The molecule has 0 fully saturated rings. The second-order valence-electron chi connectivity index (χ2n) is 5.33. The molecule has 1 aliphatic rings. The number of esters is 1. The zero-order valence-corrected chi connectivity index (χ0v) is 11.2.